The summed E-state index contributed by atoms with van der Waals surface area (Å²) in [6, 6.07) is 0. The first kappa shape index (κ1) is 3.58. The molecule has 0 saturated heterocycles. The van der Waals surface area contributed by atoms with Crippen LogP contribution in [0.15, 0.2) is 0 Å². The summed E-state index contributed by atoms with van der Waals surface area (Å²) < 4.78 is 6.18. The highest BCUT2D eigenvalue weighted by Gasteiger charge is 1.85. The van der Waals surface area contributed by atoms with Gasteiger partial charge in [0.1, 0.15) is 6.61 Å². The lowest BCUT2D eigenvalue weighted by Gasteiger charge is -1.84. The zero-order valence-electron chi connectivity index (χ0n) is 4.10. The minimum absolute atomic E-state index is 0.260. The fourth-order valence-corrected chi connectivity index (χ4v) is 0.0757. The Hall–Kier alpha value is -0.610. The van der Waals surface area contributed by atoms with Crippen LogP contribution in [0, 0.1) is 0 Å². The van der Waals surface area contributed by atoms with Crippen LogP contribution in [0.1, 0.15) is 0 Å². The maximum atomic E-state index is 9.91. The van der Waals surface area contributed by atoms with Crippen molar-refractivity contribution in [1.82, 2.24) is 0 Å². The van der Waals surface area contributed by atoms with Crippen LogP contribution in [-0.2, 0) is 9.63 Å². The summed E-state index contributed by atoms with van der Waals surface area (Å²) in [5.41, 5.74) is 1.57. The average Bonchev–Trinajstić information content (AvgIpc) is 1.68. The second-order valence-corrected chi connectivity index (χ2v) is 0.734. The highest BCUT2D eigenvalue weighted by atomic mass is 16.6. The molecule has 0 saturated carbocycles. The van der Waals surface area contributed by atoms with Gasteiger partial charge in [-0.1, -0.05) is 0 Å². The Labute approximate surface area is 36.5 Å². The zero-order chi connectivity index (χ0) is 5.70. The lowest BCUT2D eigenvalue weighted by Crippen LogP contribution is -2.20. The van der Waals surface area contributed by atoms with Gasteiger partial charge in [-0.25, -0.2) is 5.90 Å². The fraction of sp³-hybridized carbons (Fsp3) is 0.500. The lowest BCUT2D eigenvalue weighted by atomic mass is 10.7. The second-order valence-electron chi connectivity index (χ2n) is 0.734. The summed E-state index contributed by atoms with van der Waals surface area (Å²) in [6.45, 7) is -0.260. The van der Waals surface area contributed by atoms with E-state index in [0.717, 1.165) is 0 Å². The molecule has 4 nitrogen and oxygen atoms in total. The predicted molar refractivity (Wildman–Crippen MR) is 19.3 cm³/mol. The minimum atomic E-state index is -0.553. The van der Waals surface area contributed by atoms with Crippen LogP contribution in [0.2, 0.25) is 1.41 Å². The van der Waals surface area contributed by atoms with Crippen molar-refractivity contribution in [2.45, 2.75) is 0 Å². The van der Waals surface area contributed by atoms with Gasteiger partial charge in [-0.05, 0) is 0 Å². The summed E-state index contributed by atoms with van der Waals surface area (Å²) in [6.07, 6.45) is 0. The molecule has 0 aromatic carbocycles. The van der Waals surface area contributed by atoms with Crippen LogP contribution >= 0.6 is 0 Å². The lowest BCUT2D eigenvalue weighted by molar-refractivity contribution is -0.122. The van der Waals surface area contributed by atoms with Gasteiger partial charge in [0.2, 0.25) is 5.91 Å². The van der Waals surface area contributed by atoms with Crippen molar-refractivity contribution in [3.05, 3.63) is 0 Å². The third-order valence-electron chi connectivity index (χ3n) is 0.214. The average molecular weight is 91.1 g/mol. The van der Waals surface area contributed by atoms with Crippen molar-refractivity contribution >= 4 is 5.91 Å². The van der Waals surface area contributed by atoms with Gasteiger partial charge < -0.3 is 5.73 Å². The van der Waals surface area contributed by atoms with Crippen LogP contribution in [0.5, 0.6) is 0 Å². The Morgan fingerprint density at radius 2 is 2.83 bits per heavy atom. The number of carbonyl (C=O) groups is 1. The first-order valence-corrected chi connectivity index (χ1v) is 1.33. The topological polar surface area (TPSA) is 78.3 Å². The quantitative estimate of drug-likeness (QED) is 0.400. The molecule has 1 amide bonds. The van der Waals surface area contributed by atoms with E-state index in [2.05, 4.69) is 10.7 Å². The van der Waals surface area contributed by atoms with Crippen molar-refractivity contribution in [3.63, 3.8) is 0 Å². The van der Waals surface area contributed by atoms with Gasteiger partial charge in [-0.15, -0.1) is 0 Å². The third-order valence-corrected chi connectivity index (χ3v) is 0.214. The Morgan fingerprint density at radius 1 is 2.17 bits per heavy atom. The van der Waals surface area contributed by atoms with E-state index < -0.39 is 5.91 Å². The zero-order valence-corrected chi connectivity index (χ0v) is 3.10. The van der Waals surface area contributed by atoms with Crippen molar-refractivity contribution in [1.29, 1.82) is 0 Å². The van der Waals surface area contributed by atoms with E-state index in [4.69, 9.17) is 1.41 Å². The van der Waals surface area contributed by atoms with Crippen molar-refractivity contribution in [2.75, 3.05) is 6.61 Å². The molecule has 0 fully saturated rings. The van der Waals surface area contributed by atoms with E-state index in [1.54, 1.807) is 5.73 Å². The van der Waals surface area contributed by atoms with Gasteiger partial charge in [0.15, 0.2) is 1.41 Å². The van der Waals surface area contributed by atoms with Crippen molar-refractivity contribution in [2.24, 2.45) is 11.6 Å². The number of rotatable bonds is 2. The smallest absolute Gasteiger partial charge is 0.245 e. The molecule has 0 aromatic heterocycles. The van der Waals surface area contributed by atoms with Crippen molar-refractivity contribution < 1.29 is 11.0 Å². The Bertz CT molecular complexity index is 66.7. The standard InChI is InChI=1S/C2H6N2O2/c3-2(5)1-6-4/h1,4H2,(H2,3,5)/i/hD. The van der Waals surface area contributed by atoms with Gasteiger partial charge >= 0.3 is 0 Å². The number of nitrogens with two attached hydrogens (primary N) is 2. The van der Waals surface area contributed by atoms with Gasteiger partial charge in [0.05, 0.1) is 0 Å². The highest BCUT2D eigenvalue weighted by molar-refractivity contribution is 5.74. The van der Waals surface area contributed by atoms with E-state index in [-0.39, 0.29) is 6.61 Å². The van der Waals surface area contributed by atoms with Crippen LogP contribution in [0.4, 0.5) is 0 Å². The van der Waals surface area contributed by atoms with E-state index in [0.29, 0.717) is 0 Å². The summed E-state index contributed by atoms with van der Waals surface area (Å²) >= 11 is 0. The number of primary amides is 1. The summed E-state index contributed by atoms with van der Waals surface area (Å²) in [5, 5.41) is 0. The Morgan fingerprint density at radius 3 is 3.00 bits per heavy atom. The molecule has 0 bridgehead atoms. The van der Waals surface area contributed by atoms with E-state index in [1.165, 1.54) is 0 Å². The molecule has 0 rings (SSSR count). The van der Waals surface area contributed by atoms with Crippen molar-refractivity contribution in [3.8, 4) is 0 Å². The first-order chi connectivity index (χ1) is 3.31. The molecule has 0 aliphatic heterocycles. The van der Waals surface area contributed by atoms with Crippen LogP contribution < -0.4 is 11.6 Å². The fourth-order valence-electron chi connectivity index (χ4n) is 0.0757. The summed E-state index contributed by atoms with van der Waals surface area (Å²) in [5.74, 6) is 3.91. The minimum Gasteiger partial charge on any atom is -0.368 e. The third kappa shape index (κ3) is 3.39. The second kappa shape index (κ2) is 2.62. The maximum absolute atomic E-state index is 9.91. The summed E-state index contributed by atoms with van der Waals surface area (Å²) in [7, 11) is 0. The number of carbonyl (C=O) groups excluding carboxylic acids is 1. The molecule has 0 spiro atoms. The molecule has 0 atom stereocenters. The van der Waals surface area contributed by atoms with Gasteiger partial charge in [0.25, 0.3) is 0 Å². The van der Waals surface area contributed by atoms with Crippen LogP contribution in [0.3, 0.4) is 0 Å². The highest BCUT2D eigenvalue weighted by Crippen LogP contribution is 1.53. The Balaban J connectivity index is 3.00. The van der Waals surface area contributed by atoms with Gasteiger partial charge in [-0.3, -0.25) is 9.63 Å². The molecule has 0 aliphatic carbocycles. The number of amides is 1. The largest absolute Gasteiger partial charge is 0.368 e. The van der Waals surface area contributed by atoms with E-state index in [9.17, 15) is 4.79 Å². The van der Waals surface area contributed by atoms with Crippen LogP contribution in [0.25, 0.3) is 0 Å². The molecular formula is C2H6N2O2. The number of hydrogen-bond acceptors (Lipinski definition) is 3. The van der Waals surface area contributed by atoms with Gasteiger partial charge in [-0.2, -0.15) is 0 Å². The Kier molecular flexibility index (Phi) is 1.56. The molecule has 0 unspecified atom stereocenters. The summed E-state index contributed by atoms with van der Waals surface area (Å²) in [4.78, 5) is 13.8. The number of hydrogen-bond donors (Lipinski definition) is 2. The van der Waals surface area contributed by atoms with E-state index >= 15 is 0 Å². The molecule has 4 N–H and O–H groups in total. The molecule has 4 heteroatoms. The molecule has 36 valence electrons. The first-order valence-electron chi connectivity index (χ1n) is 1.83. The molecule has 6 heavy (non-hydrogen) atoms. The molecule has 0 aliphatic rings. The monoisotopic (exact) mass is 91.0 g/mol. The SMILES string of the molecule is [2H]NC(=O)CON. The molecule has 0 radical (unpaired) electrons. The molecular weight excluding hydrogens is 84.0 g/mol. The molecule has 0 aromatic rings. The maximum Gasteiger partial charge on any atom is 0.245 e. The molecule has 0 heterocycles. The normalized spacial score (nSPS) is 9.83. The van der Waals surface area contributed by atoms with E-state index in [1.807, 2.05) is 0 Å². The van der Waals surface area contributed by atoms with Crippen LogP contribution in [-0.4, -0.2) is 12.5 Å². The van der Waals surface area contributed by atoms with Gasteiger partial charge in [0, 0.05) is 0 Å². The predicted octanol–water partition coefficient (Wildman–Crippen LogP) is -1.64.